The molecule has 1 aromatic rings. The predicted octanol–water partition coefficient (Wildman–Crippen LogP) is 2.39. The molecule has 2 saturated heterocycles. The molecule has 0 bridgehead atoms. The molecule has 0 radical (unpaired) electrons. The maximum absolute atomic E-state index is 13.5. The van der Waals surface area contributed by atoms with Gasteiger partial charge < -0.3 is 14.8 Å². The first-order valence-electron chi connectivity index (χ1n) is 7.08. The summed E-state index contributed by atoms with van der Waals surface area (Å²) in [5, 5.41) is 3.31. The Kier molecular flexibility index (Phi) is 4.01. The van der Waals surface area contributed by atoms with Gasteiger partial charge >= 0.3 is 0 Å². The lowest BCUT2D eigenvalue weighted by Gasteiger charge is -2.32. The monoisotopic (exact) mass is 283 g/mol. The van der Waals surface area contributed by atoms with Crippen molar-refractivity contribution < 1.29 is 18.3 Å². The summed E-state index contributed by atoms with van der Waals surface area (Å²) < 4.78 is 38.2. The molecule has 1 spiro atoms. The van der Waals surface area contributed by atoms with Gasteiger partial charge in [-0.2, -0.15) is 0 Å². The van der Waals surface area contributed by atoms with Crippen LogP contribution < -0.4 is 5.32 Å². The third kappa shape index (κ3) is 2.85. The summed E-state index contributed by atoms with van der Waals surface area (Å²) in [5.41, 5.74) is 0.187. The molecule has 1 unspecified atom stereocenters. The standard InChI is InChI=1S/C15H19F2NO2/c16-13-3-1-2-11(14(13)17)9-19-12-8-15(20-10-12)4-6-18-7-5-15/h1-3,12,18H,4-10H2. The molecule has 3 rings (SSSR count). The van der Waals surface area contributed by atoms with Gasteiger partial charge in [0.25, 0.3) is 0 Å². The molecule has 2 aliphatic heterocycles. The largest absolute Gasteiger partial charge is 0.372 e. The van der Waals surface area contributed by atoms with Gasteiger partial charge in [-0.15, -0.1) is 0 Å². The number of halogens is 2. The van der Waals surface area contributed by atoms with Crippen molar-refractivity contribution in [2.45, 2.75) is 37.6 Å². The van der Waals surface area contributed by atoms with Crippen molar-refractivity contribution in [1.29, 1.82) is 0 Å². The second-order valence-corrected chi connectivity index (χ2v) is 5.59. The first-order valence-corrected chi connectivity index (χ1v) is 7.08. The number of benzene rings is 1. The van der Waals surface area contributed by atoms with Crippen molar-refractivity contribution in [2.75, 3.05) is 19.7 Å². The lowest BCUT2D eigenvalue weighted by atomic mass is 9.89. The van der Waals surface area contributed by atoms with Crippen LogP contribution in [0.3, 0.4) is 0 Å². The van der Waals surface area contributed by atoms with Gasteiger partial charge in [0.2, 0.25) is 0 Å². The zero-order chi connectivity index (χ0) is 14.0. The van der Waals surface area contributed by atoms with Gasteiger partial charge in [-0.25, -0.2) is 8.78 Å². The van der Waals surface area contributed by atoms with Crippen LogP contribution >= 0.6 is 0 Å². The molecule has 1 aromatic carbocycles. The lowest BCUT2D eigenvalue weighted by molar-refractivity contribution is -0.0242. The second kappa shape index (κ2) is 5.76. The SMILES string of the molecule is Fc1cccc(COC2COC3(CCNCC3)C2)c1F. The van der Waals surface area contributed by atoms with E-state index >= 15 is 0 Å². The molecule has 2 aliphatic rings. The molecular formula is C15H19F2NO2. The van der Waals surface area contributed by atoms with Gasteiger partial charge in [0.1, 0.15) is 0 Å². The fourth-order valence-corrected chi connectivity index (χ4v) is 3.01. The minimum absolute atomic E-state index is 0.0317. The average molecular weight is 283 g/mol. The number of rotatable bonds is 3. The molecule has 3 nitrogen and oxygen atoms in total. The molecule has 2 heterocycles. The summed E-state index contributed by atoms with van der Waals surface area (Å²) in [6, 6.07) is 4.16. The summed E-state index contributed by atoms with van der Waals surface area (Å²) in [6.07, 6.45) is 2.78. The molecule has 1 N–H and O–H groups in total. The second-order valence-electron chi connectivity index (χ2n) is 5.59. The fourth-order valence-electron chi connectivity index (χ4n) is 3.01. The van der Waals surface area contributed by atoms with E-state index in [1.54, 1.807) is 6.07 Å². The molecule has 5 heteroatoms. The minimum Gasteiger partial charge on any atom is -0.372 e. The smallest absolute Gasteiger partial charge is 0.164 e. The van der Waals surface area contributed by atoms with Gasteiger partial charge in [0, 0.05) is 12.0 Å². The first-order chi connectivity index (χ1) is 9.69. The molecule has 0 aliphatic carbocycles. The van der Waals surface area contributed by atoms with E-state index in [0.717, 1.165) is 38.4 Å². The van der Waals surface area contributed by atoms with Crippen molar-refractivity contribution in [3.63, 3.8) is 0 Å². The Balaban J connectivity index is 1.56. The highest BCUT2D eigenvalue weighted by Gasteiger charge is 2.41. The van der Waals surface area contributed by atoms with Crippen LogP contribution in [-0.4, -0.2) is 31.4 Å². The Morgan fingerprint density at radius 2 is 2.10 bits per heavy atom. The third-order valence-electron chi connectivity index (χ3n) is 4.20. The Bertz CT molecular complexity index is 475. The number of ether oxygens (including phenoxy) is 2. The molecule has 110 valence electrons. The van der Waals surface area contributed by atoms with Gasteiger partial charge in [-0.3, -0.25) is 0 Å². The highest BCUT2D eigenvalue weighted by atomic mass is 19.2. The van der Waals surface area contributed by atoms with Gasteiger partial charge in [-0.05, 0) is 32.0 Å². The Labute approximate surface area is 117 Å². The van der Waals surface area contributed by atoms with Crippen LogP contribution in [0.15, 0.2) is 18.2 Å². The number of hydrogen-bond donors (Lipinski definition) is 1. The molecule has 20 heavy (non-hydrogen) atoms. The fraction of sp³-hybridized carbons (Fsp3) is 0.600. The highest BCUT2D eigenvalue weighted by Crippen LogP contribution is 2.35. The Hall–Kier alpha value is -1.04. The average Bonchev–Trinajstić information content (AvgIpc) is 2.84. The molecule has 2 fully saturated rings. The van der Waals surface area contributed by atoms with Crippen LogP contribution in [0.5, 0.6) is 0 Å². The quantitative estimate of drug-likeness (QED) is 0.924. The Morgan fingerprint density at radius 3 is 2.90 bits per heavy atom. The lowest BCUT2D eigenvalue weighted by Crippen LogP contribution is -2.41. The van der Waals surface area contributed by atoms with Gasteiger partial charge in [0.15, 0.2) is 11.6 Å². The normalized spacial score (nSPS) is 25.2. The first kappa shape index (κ1) is 13.9. The van der Waals surface area contributed by atoms with Crippen LogP contribution in [0.1, 0.15) is 24.8 Å². The van der Waals surface area contributed by atoms with Crippen LogP contribution in [0, 0.1) is 11.6 Å². The Morgan fingerprint density at radius 1 is 1.30 bits per heavy atom. The van der Waals surface area contributed by atoms with Crippen LogP contribution in [0.2, 0.25) is 0 Å². The third-order valence-corrected chi connectivity index (χ3v) is 4.20. The molecule has 1 atom stereocenters. The van der Waals surface area contributed by atoms with E-state index in [1.165, 1.54) is 6.07 Å². The zero-order valence-corrected chi connectivity index (χ0v) is 11.3. The van der Waals surface area contributed by atoms with Crippen molar-refractivity contribution in [3.05, 3.63) is 35.4 Å². The van der Waals surface area contributed by atoms with Crippen molar-refractivity contribution in [2.24, 2.45) is 0 Å². The minimum atomic E-state index is -0.830. The number of piperidine rings is 1. The van der Waals surface area contributed by atoms with Crippen molar-refractivity contribution in [1.82, 2.24) is 5.32 Å². The van der Waals surface area contributed by atoms with E-state index < -0.39 is 11.6 Å². The van der Waals surface area contributed by atoms with E-state index in [4.69, 9.17) is 9.47 Å². The van der Waals surface area contributed by atoms with Crippen LogP contribution in [0.4, 0.5) is 8.78 Å². The zero-order valence-electron chi connectivity index (χ0n) is 11.3. The topological polar surface area (TPSA) is 30.5 Å². The van der Waals surface area contributed by atoms with Gasteiger partial charge in [-0.1, -0.05) is 12.1 Å². The van der Waals surface area contributed by atoms with Crippen molar-refractivity contribution in [3.8, 4) is 0 Å². The number of nitrogens with one attached hydrogen (secondary N) is 1. The summed E-state index contributed by atoms with van der Waals surface area (Å²) in [4.78, 5) is 0. The van der Waals surface area contributed by atoms with Crippen LogP contribution in [0.25, 0.3) is 0 Å². The van der Waals surface area contributed by atoms with Crippen LogP contribution in [-0.2, 0) is 16.1 Å². The molecular weight excluding hydrogens is 264 g/mol. The maximum Gasteiger partial charge on any atom is 0.164 e. The summed E-state index contributed by atoms with van der Waals surface area (Å²) in [6.45, 7) is 2.55. The highest BCUT2D eigenvalue weighted by molar-refractivity contribution is 5.18. The number of hydrogen-bond acceptors (Lipinski definition) is 3. The maximum atomic E-state index is 13.5. The summed E-state index contributed by atoms with van der Waals surface area (Å²) in [5.74, 6) is -1.65. The van der Waals surface area contributed by atoms with E-state index in [2.05, 4.69) is 5.32 Å². The van der Waals surface area contributed by atoms with E-state index in [1.807, 2.05) is 0 Å². The molecule has 0 amide bonds. The predicted molar refractivity (Wildman–Crippen MR) is 70.3 cm³/mol. The molecule has 0 aromatic heterocycles. The summed E-state index contributed by atoms with van der Waals surface area (Å²) in [7, 11) is 0. The van der Waals surface area contributed by atoms with Gasteiger partial charge in [0.05, 0.1) is 24.9 Å². The van der Waals surface area contributed by atoms with E-state index in [0.29, 0.717) is 6.61 Å². The summed E-state index contributed by atoms with van der Waals surface area (Å²) >= 11 is 0. The van der Waals surface area contributed by atoms with Crippen molar-refractivity contribution >= 4 is 0 Å². The van der Waals surface area contributed by atoms with E-state index in [-0.39, 0.29) is 23.9 Å². The van der Waals surface area contributed by atoms with E-state index in [9.17, 15) is 8.78 Å². The molecule has 0 saturated carbocycles.